The highest BCUT2D eigenvalue weighted by Crippen LogP contribution is 2.16. The number of ether oxygens (including phenoxy) is 3. The van der Waals surface area contributed by atoms with Crippen molar-refractivity contribution in [2.75, 3.05) is 13.2 Å². The van der Waals surface area contributed by atoms with Crippen LogP contribution in [0.1, 0.15) is 342 Å². The van der Waals surface area contributed by atoms with E-state index in [1.165, 1.54) is 238 Å². The van der Waals surface area contributed by atoms with Gasteiger partial charge in [0.25, 0.3) is 0 Å². The lowest BCUT2D eigenvalue weighted by molar-refractivity contribution is -0.167. The molecule has 0 radical (unpaired) electrons. The molecule has 1 atom stereocenters. The van der Waals surface area contributed by atoms with E-state index in [-0.39, 0.29) is 31.1 Å². The van der Waals surface area contributed by atoms with Crippen LogP contribution in [0, 0.1) is 0 Å². The van der Waals surface area contributed by atoms with Crippen LogP contribution in [0.3, 0.4) is 0 Å². The van der Waals surface area contributed by atoms with Crippen LogP contribution < -0.4 is 0 Å². The van der Waals surface area contributed by atoms with Gasteiger partial charge >= 0.3 is 17.9 Å². The third-order valence-corrected chi connectivity index (χ3v) is 14.1. The van der Waals surface area contributed by atoms with Gasteiger partial charge in [-0.3, -0.25) is 14.4 Å². The molecule has 0 N–H and O–H groups in total. The van der Waals surface area contributed by atoms with Gasteiger partial charge in [0.1, 0.15) is 13.2 Å². The highest BCUT2D eigenvalue weighted by molar-refractivity contribution is 5.71. The van der Waals surface area contributed by atoms with Gasteiger partial charge in [0, 0.05) is 19.3 Å². The summed E-state index contributed by atoms with van der Waals surface area (Å²) in [6.07, 6.45) is 72.8. The summed E-state index contributed by atoms with van der Waals surface area (Å²) in [7, 11) is 0. The normalized spacial score (nSPS) is 12.2. The van der Waals surface area contributed by atoms with E-state index in [1.54, 1.807) is 0 Å². The molecule has 0 aliphatic carbocycles. The Morgan fingerprint density at radius 3 is 0.704 bits per heavy atom. The quantitative estimate of drug-likeness (QED) is 0.0261. The molecule has 1 unspecified atom stereocenters. The Hall–Kier alpha value is -2.37. The van der Waals surface area contributed by atoms with Gasteiger partial charge in [-0.2, -0.15) is 0 Å². The molecule has 0 amide bonds. The maximum absolute atomic E-state index is 12.9. The van der Waals surface area contributed by atoms with Gasteiger partial charge in [-0.15, -0.1) is 0 Å². The van der Waals surface area contributed by atoms with Crippen LogP contribution in [0.2, 0.25) is 0 Å². The lowest BCUT2D eigenvalue weighted by Crippen LogP contribution is -2.30. The minimum Gasteiger partial charge on any atom is -0.462 e. The predicted octanol–water partition coefficient (Wildman–Crippen LogP) is 21.2. The fourth-order valence-electron chi connectivity index (χ4n) is 9.31. The van der Waals surface area contributed by atoms with Crippen LogP contribution in [0.5, 0.6) is 0 Å². The molecule has 0 saturated heterocycles. The SMILES string of the molecule is CCCCCCCC/C=C\CCCCCCCCCCCC(=O)OCC(COC(=O)CCCCCCC/C=C/CCCCCCCC)OC(=O)CCCCCCCCCCC/C=C\CCCCCCCC. The summed E-state index contributed by atoms with van der Waals surface area (Å²) in [5.41, 5.74) is 0. The van der Waals surface area contributed by atoms with Gasteiger partial charge < -0.3 is 14.2 Å². The van der Waals surface area contributed by atoms with Crippen molar-refractivity contribution >= 4 is 17.9 Å². The molecule has 0 aromatic heterocycles. The Balaban J connectivity index is 4.34. The largest absolute Gasteiger partial charge is 0.462 e. The van der Waals surface area contributed by atoms with Crippen molar-refractivity contribution in [1.82, 2.24) is 0 Å². The zero-order valence-electron chi connectivity index (χ0n) is 47.8. The highest BCUT2D eigenvalue weighted by atomic mass is 16.6. The highest BCUT2D eigenvalue weighted by Gasteiger charge is 2.19. The molecule has 6 heteroatoms. The maximum Gasteiger partial charge on any atom is 0.306 e. The van der Waals surface area contributed by atoms with Gasteiger partial charge in [0.2, 0.25) is 0 Å². The number of esters is 3. The van der Waals surface area contributed by atoms with E-state index in [4.69, 9.17) is 14.2 Å². The van der Waals surface area contributed by atoms with Crippen LogP contribution in [-0.2, 0) is 28.6 Å². The van der Waals surface area contributed by atoms with Crippen molar-refractivity contribution in [3.8, 4) is 0 Å². The number of unbranched alkanes of at least 4 members (excludes halogenated alkanes) is 41. The van der Waals surface area contributed by atoms with E-state index in [0.717, 1.165) is 64.2 Å². The van der Waals surface area contributed by atoms with Gasteiger partial charge in [-0.25, -0.2) is 0 Å². The Kier molecular flexibility index (Phi) is 58.2. The molecule has 0 heterocycles. The average molecular weight is 998 g/mol. The lowest BCUT2D eigenvalue weighted by atomic mass is 10.1. The molecule has 0 aliphatic rings. The second-order valence-electron chi connectivity index (χ2n) is 21.3. The third kappa shape index (κ3) is 58.4. The van der Waals surface area contributed by atoms with E-state index < -0.39 is 6.10 Å². The molecule has 0 rings (SSSR count). The Bertz CT molecular complexity index is 1190. The minimum atomic E-state index is -0.776. The van der Waals surface area contributed by atoms with Crippen molar-refractivity contribution in [2.45, 2.75) is 348 Å². The van der Waals surface area contributed by atoms with Crippen LogP contribution in [-0.4, -0.2) is 37.2 Å². The molecule has 0 fully saturated rings. The van der Waals surface area contributed by atoms with Crippen molar-refractivity contribution in [3.63, 3.8) is 0 Å². The second-order valence-corrected chi connectivity index (χ2v) is 21.3. The van der Waals surface area contributed by atoms with E-state index in [1.807, 2.05) is 0 Å². The number of carbonyl (C=O) groups excluding carboxylic acids is 3. The molecule has 0 spiro atoms. The first-order valence-corrected chi connectivity index (χ1v) is 31.5. The van der Waals surface area contributed by atoms with E-state index in [0.29, 0.717) is 19.3 Å². The molecular weight excluding hydrogens is 877 g/mol. The number of carbonyl (C=O) groups is 3. The van der Waals surface area contributed by atoms with Crippen LogP contribution in [0.15, 0.2) is 36.5 Å². The average Bonchev–Trinajstić information content (AvgIpc) is 3.37. The van der Waals surface area contributed by atoms with Crippen LogP contribution in [0.4, 0.5) is 0 Å². The smallest absolute Gasteiger partial charge is 0.306 e. The summed E-state index contributed by atoms with van der Waals surface area (Å²) in [6.45, 7) is 6.67. The van der Waals surface area contributed by atoms with E-state index in [9.17, 15) is 14.4 Å². The zero-order valence-corrected chi connectivity index (χ0v) is 47.8. The van der Waals surface area contributed by atoms with Gasteiger partial charge in [0.15, 0.2) is 6.10 Å². The summed E-state index contributed by atoms with van der Waals surface area (Å²) < 4.78 is 16.9. The number of hydrogen-bond donors (Lipinski definition) is 0. The first-order valence-electron chi connectivity index (χ1n) is 31.5. The summed E-state index contributed by atoms with van der Waals surface area (Å²) in [6, 6.07) is 0. The van der Waals surface area contributed by atoms with Crippen molar-refractivity contribution in [2.24, 2.45) is 0 Å². The topological polar surface area (TPSA) is 78.9 Å². The van der Waals surface area contributed by atoms with Crippen LogP contribution in [0.25, 0.3) is 0 Å². The molecule has 416 valence electrons. The molecule has 0 aromatic carbocycles. The summed E-state index contributed by atoms with van der Waals surface area (Å²) in [5.74, 6) is -0.866. The van der Waals surface area contributed by atoms with E-state index in [2.05, 4.69) is 57.2 Å². The fourth-order valence-corrected chi connectivity index (χ4v) is 9.31. The van der Waals surface area contributed by atoms with Crippen molar-refractivity contribution < 1.29 is 28.6 Å². The van der Waals surface area contributed by atoms with Crippen molar-refractivity contribution in [3.05, 3.63) is 36.5 Å². The molecule has 0 bridgehead atoms. The Labute approximate surface area is 442 Å². The number of rotatable bonds is 58. The van der Waals surface area contributed by atoms with E-state index >= 15 is 0 Å². The Morgan fingerprint density at radius 2 is 0.465 bits per heavy atom. The molecule has 71 heavy (non-hydrogen) atoms. The Morgan fingerprint density at radius 1 is 0.268 bits per heavy atom. The van der Waals surface area contributed by atoms with Gasteiger partial charge in [0.05, 0.1) is 0 Å². The number of hydrogen-bond acceptors (Lipinski definition) is 6. The summed E-state index contributed by atoms with van der Waals surface area (Å²) in [4.78, 5) is 38.3. The first kappa shape index (κ1) is 68.6. The molecule has 0 aromatic rings. The van der Waals surface area contributed by atoms with Crippen molar-refractivity contribution in [1.29, 1.82) is 0 Å². The minimum absolute atomic E-state index is 0.0738. The standard InChI is InChI=1S/C65H120O6/c1-4-7-10-13-16-19-22-25-28-30-32-34-37-40-43-46-49-52-55-58-64(67)70-61-62(60-69-63(66)57-54-51-48-45-42-39-36-27-24-21-18-15-12-9-6-3)71-65(68)59-56-53-50-47-44-41-38-35-33-31-29-26-23-20-17-14-11-8-5-2/h25-29,36,62H,4-24,30-35,37-61H2,1-3H3/b28-25-,29-26-,36-27+. The van der Waals surface area contributed by atoms with Crippen LogP contribution >= 0.6 is 0 Å². The summed E-state index contributed by atoms with van der Waals surface area (Å²) >= 11 is 0. The maximum atomic E-state index is 12.9. The van der Waals surface area contributed by atoms with Gasteiger partial charge in [-0.1, -0.05) is 263 Å². The third-order valence-electron chi connectivity index (χ3n) is 14.1. The summed E-state index contributed by atoms with van der Waals surface area (Å²) in [5, 5.41) is 0. The second kappa shape index (κ2) is 60.2. The first-order chi connectivity index (χ1) is 35.0. The van der Waals surface area contributed by atoms with Gasteiger partial charge in [-0.05, 0) is 96.3 Å². The molecule has 0 saturated carbocycles. The zero-order chi connectivity index (χ0) is 51.4. The fraction of sp³-hybridized carbons (Fsp3) is 0.862. The predicted molar refractivity (Wildman–Crippen MR) is 307 cm³/mol. The molecular formula is C65H120O6. The molecule has 0 aliphatic heterocycles. The monoisotopic (exact) mass is 997 g/mol. The molecule has 6 nitrogen and oxygen atoms in total. The number of allylic oxidation sites excluding steroid dienone is 6. The lowest BCUT2D eigenvalue weighted by Gasteiger charge is -2.18.